The standard InChI is InChI=1S/C4H9NO2.Au/c1-5(2)3-4(6)7;/h3H2,1-2H3,(H,6,7);. The van der Waals surface area contributed by atoms with Crippen molar-refractivity contribution in [3.63, 3.8) is 0 Å². The third kappa shape index (κ3) is 9.48. The number of likely N-dealkylation sites (N-methyl/N-ethyl adjacent to an activating group) is 1. The minimum atomic E-state index is -0.787. The van der Waals surface area contributed by atoms with Gasteiger partial charge in [0.2, 0.25) is 0 Å². The Morgan fingerprint density at radius 3 is 2.00 bits per heavy atom. The fraction of sp³-hybridized carbons (Fsp3) is 0.750. The van der Waals surface area contributed by atoms with Gasteiger partial charge in [-0.15, -0.1) is 0 Å². The van der Waals surface area contributed by atoms with Gasteiger partial charge in [-0.05, 0) is 14.1 Å². The zero-order valence-electron chi connectivity index (χ0n) is 4.81. The van der Waals surface area contributed by atoms with Gasteiger partial charge >= 0.3 is 5.97 Å². The first-order chi connectivity index (χ1) is 3.13. The third-order valence-electron chi connectivity index (χ3n) is 0.451. The van der Waals surface area contributed by atoms with Gasteiger partial charge in [-0.2, -0.15) is 0 Å². The largest absolute Gasteiger partial charge is 0.480 e. The van der Waals surface area contributed by atoms with Crippen molar-refractivity contribution in [3.8, 4) is 0 Å². The summed E-state index contributed by atoms with van der Waals surface area (Å²) >= 11 is 0. The fourth-order valence-corrected chi connectivity index (χ4v) is 0.271. The predicted molar refractivity (Wildman–Crippen MR) is 26.2 cm³/mol. The van der Waals surface area contributed by atoms with Gasteiger partial charge in [0.1, 0.15) is 0 Å². The molecule has 1 radical (unpaired) electrons. The molecule has 0 rings (SSSR count). The summed E-state index contributed by atoms with van der Waals surface area (Å²) in [5.74, 6) is -0.787. The van der Waals surface area contributed by atoms with Crippen LogP contribution < -0.4 is 0 Å². The first kappa shape index (κ1) is 11.0. The summed E-state index contributed by atoms with van der Waals surface area (Å²) < 4.78 is 0. The van der Waals surface area contributed by atoms with Crippen molar-refractivity contribution in [2.75, 3.05) is 20.6 Å². The quantitative estimate of drug-likeness (QED) is 0.708. The molecule has 0 saturated carbocycles. The van der Waals surface area contributed by atoms with E-state index in [4.69, 9.17) is 5.11 Å². The predicted octanol–water partition coefficient (Wildman–Crippen LogP) is -0.370. The van der Waals surface area contributed by atoms with E-state index in [1.807, 2.05) is 0 Å². The molecule has 0 fully saturated rings. The van der Waals surface area contributed by atoms with Crippen LogP contribution >= 0.6 is 0 Å². The van der Waals surface area contributed by atoms with Crippen LogP contribution in [0.5, 0.6) is 0 Å². The topological polar surface area (TPSA) is 40.5 Å². The molecule has 0 aromatic rings. The van der Waals surface area contributed by atoms with E-state index >= 15 is 0 Å². The molecule has 0 amide bonds. The number of carboxylic acids is 1. The van der Waals surface area contributed by atoms with Crippen LogP contribution in [0.2, 0.25) is 0 Å². The summed E-state index contributed by atoms with van der Waals surface area (Å²) in [5.41, 5.74) is 0. The second kappa shape index (κ2) is 5.31. The van der Waals surface area contributed by atoms with Crippen LogP contribution in [0.15, 0.2) is 0 Å². The molecule has 0 unspecified atom stereocenters. The van der Waals surface area contributed by atoms with E-state index in [0.717, 1.165) is 0 Å². The van der Waals surface area contributed by atoms with E-state index in [0.29, 0.717) is 0 Å². The zero-order valence-corrected chi connectivity index (χ0v) is 6.98. The maximum atomic E-state index is 9.77. The van der Waals surface area contributed by atoms with Gasteiger partial charge in [0, 0.05) is 22.4 Å². The molecule has 0 bridgehead atoms. The molecule has 0 spiro atoms. The molecule has 1 N–H and O–H groups in total. The van der Waals surface area contributed by atoms with Crippen molar-refractivity contribution in [2.24, 2.45) is 0 Å². The number of carbonyl (C=O) groups is 1. The average molecular weight is 300 g/mol. The van der Waals surface area contributed by atoms with Crippen LogP contribution in [-0.2, 0) is 27.2 Å². The van der Waals surface area contributed by atoms with Crippen LogP contribution in [0, 0.1) is 0 Å². The van der Waals surface area contributed by atoms with Gasteiger partial charge < -0.3 is 5.11 Å². The van der Waals surface area contributed by atoms with E-state index < -0.39 is 5.97 Å². The minimum absolute atomic E-state index is 0. The molecular weight excluding hydrogens is 291 g/mol. The maximum Gasteiger partial charge on any atom is 0.317 e. The van der Waals surface area contributed by atoms with Crippen LogP contribution in [0.3, 0.4) is 0 Å². The first-order valence-electron chi connectivity index (χ1n) is 1.99. The second-order valence-corrected chi connectivity index (χ2v) is 1.63. The van der Waals surface area contributed by atoms with Crippen molar-refractivity contribution in [3.05, 3.63) is 0 Å². The molecule has 0 saturated heterocycles. The van der Waals surface area contributed by atoms with E-state index in [-0.39, 0.29) is 28.9 Å². The van der Waals surface area contributed by atoms with Gasteiger partial charge in [0.25, 0.3) is 0 Å². The summed E-state index contributed by atoms with van der Waals surface area (Å²) in [6.07, 6.45) is 0. The van der Waals surface area contributed by atoms with Gasteiger partial charge in [-0.1, -0.05) is 0 Å². The van der Waals surface area contributed by atoms with Crippen molar-refractivity contribution in [1.82, 2.24) is 4.90 Å². The summed E-state index contributed by atoms with van der Waals surface area (Å²) in [6.45, 7) is 0.111. The molecule has 3 nitrogen and oxygen atoms in total. The van der Waals surface area contributed by atoms with E-state index in [1.54, 1.807) is 19.0 Å². The van der Waals surface area contributed by atoms with E-state index in [1.165, 1.54) is 0 Å². The molecule has 0 aromatic carbocycles. The van der Waals surface area contributed by atoms with Crippen molar-refractivity contribution < 1.29 is 32.3 Å². The van der Waals surface area contributed by atoms with Gasteiger partial charge in [-0.3, -0.25) is 9.69 Å². The van der Waals surface area contributed by atoms with Crippen LogP contribution in [0.1, 0.15) is 0 Å². The fourth-order valence-electron chi connectivity index (χ4n) is 0.271. The first-order valence-corrected chi connectivity index (χ1v) is 1.99. The van der Waals surface area contributed by atoms with E-state index in [9.17, 15) is 4.79 Å². The number of hydrogen-bond acceptors (Lipinski definition) is 2. The Balaban J connectivity index is 0. The minimum Gasteiger partial charge on any atom is -0.480 e. The molecule has 8 heavy (non-hydrogen) atoms. The normalized spacial score (nSPS) is 8.38. The molecule has 0 aliphatic rings. The molecule has 53 valence electrons. The van der Waals surface area contributed by atoms with Crippen LogP contribution in [0.25, 0.3) is 0 Å². The molecule has 0 aliphatic heterocycles. The molecule has 0 atom stereocenters. The summed E-state index contributed by atoms with van der Waals surface area (Å²) in [7, 11) is 3.43. The molecule has 0 aliphatic carbocycles. The van der Waals surface area contributed by atoms with Crippen molar-refractivity contribution in [1.29, 1.82) is 0 Å². The monoisotopic (exact) mass is 300 g/mol. The smallest absolute Gasteiger partial charge is 0.317 e. The molecule has 0 heterocycles. The average Bonchev–Trinajstić information content (AvgIpc) is 1.27. The Hall–Kier alpha value is 0.170. The number of carboxylic acid groups (broad SMARTS) is 1. The Bertz CT molecular complexity index is 74.4. The Morgan fingerprint density at radius 1 is 1.62 bits per heavy atom. The van der Waals surface area contributed by atoms with Gasteiger partial charge in [0.05, 0.1) is 6.54 Å². The maximum absolute atomic E-state index is 9.77. The zero-order chi connectivity index (χ0) is 5.86. The SMILES string of the molecule is CN(C)CC(=O)O.[Au]. The molecule has 0 aromatic heterocycles. The molecular formula is C4H9AuNO2. The number of rotatable bonds is 2. The van der Waals surface area contributed by atoms with Gasteiger partial charge in [0.15, 0.2) is 0 Å². The number of nitrogens with zero attached hydrogens (tertiary/aromatic N) is 1. The van der Waals surface area contributed by atoms with Crippen LogP contribution in [0.4, 0.5) is 0 Å². The summed E-state index contributed by atoms with van der Waals surface area (Å²) in [4.78, 5) is 11.4. The Kier molecular flexibility index (Phi) is 7.32. The summed E-state index contributed by atoms with van der Waals surface area (Å²) in [5, 5.41) is 8.04. The van der Waals surface area contributed by atoms with Crippen molar-refractivity contribution >= 4 is 5.97 Å². The third-order valence-corrected chi connectivity index (χ3v) is 0.451. The Labute approximate surface area is 64.2 Å². The van der Waals surface area contributed by atoms with Gasteiger partial charge in [-0.25, -0.2) is 0 Å². The van der Waals surface area contributed by atoms with Crippen LogP contribution in [-0.4, -0.2) is 36.6 Å². The second-order valence-electron chi connectivity index (χ2n) is 1.63. The number of hydrogen-bond donors (Lipinski definition) is 1. The number of aliphatic carboxylic acids is 1. The molecule has 4 heteroatoms. The van der Waals surface area contributed by atoms with E-state index in [2.05, 4.69) is 0 Å². The Morgan fingerprint density at radius 2 is 2.00 bits per heavy atom. The van der Waals surface area contributed by atoms with Crippen molar-refractivity contribution in [2.45, 2.75) is 0 Å². The summed E-state index contributed by atoms with van der Waals surface area (Å²) in [6, 6.07) is 0.